The van der Waals surface area contributed by atoms with Crippen LogP contribution in [0.5, 0.6) is 0 Å². The first kappa shape index (κ1) is 23.4. The summed E-state index contributed by atoms with van der Waals surface area (Å²) in [6, 6.07) is 12.8. The summed E-state index contributed by atoms with van der Waals surface area (Å²) in [5, 5.41) is 3.77. The molecule has 2 aromatic carbocycles. The highest BCUT2D eigenvalue weighted by atomic mass is 32.2. The third kappa shape index (κ3) is 3.41. The molecule has 0 radical (unpaired) electrons. The van der Waals surface area contributed by atoms with Gasteiger partial charge in [0.15, 0.2) is 12.1 Å². The SMILES string of the molecule is Cc1ccc(S(=O)(=O)N2C[C@@H]3[C@H](Nc4c(C)cccc4C3(C)C)[C@H]3O[C@@H]4OC(C)(C)O[C@@H]4[C@@H]32)cc1. The number of hydrogen-bond donors (Lipinski definition) is 1. The predicted molar refractivity (Wildman–Crippen MR) is 133 cm³/mol. The van der Waals surface area contributed by atoms with E-state index < -0.39 is 40.4 Å². The zero-order valence-electron chi connectivity index (χ0n) is 21.1. The van der Waals surface area contributed by atoms with Gasteiger partial charge in [-0.1, -0.05) is 49.7 Å². The third-order valence-electron chi connectivity index (χ3n) is 8.38. The smallest absolute Gasteiger partial charge is 0.243 e. The monoisotopic (exact) mass is 498 g/mol. The van der Waals surface area contributed by atoms with E-state index in [9.17, 15) is 8.42 Å². The Hall–Kier alpha value is -1.97. The quantitative estimate of drug-likeness (QED) is 0.676. The van der Waals surface area contributed by atoms with Crippen LogP contribution in [0.2, 0.25) is 0 Å². The maximum Gasteiger partial charge on any atom is 0.243 e. The van der Waals surface area contributed by atoms with Crippen molar-refractivity contribution in [2.24, 2.45) is 5.92 Å². The Kier molecular flexibility index (Phi) is 5.04. The van der Waals surface area contributed by atoms with Crippen LogP contribution >= 0.6 is 0 Å². The Morgan fingerprint density at radius 3 is 2.40 bits per heavy atom. The van der Waals surface area contributed by atoms with Crippen LogP contribution in [0.4, 0.5) is 5.69 Å². The fraction of sp³-hybridized carbons (Fsp3) is 0.556. The van der Waals surface area contributed by atoms with E-state index in [1.165, 1.54) is 11.1 Å². The molecule has 3 saturated heterocycles. The minimum absolute atomic E-state index is 0.00916. The van der Waals surface area contributed by atoms with Gasteiger partial charge in [0.1, 0.15) is 12.2 Å². The van der Waals surface area contributed by atoms with E-state index in [2.05, 4.69) is 44.3 Å². The van der Waals surface area contributed by atoms with E-state index in [-0.39, 0.29) is 17.4 Å². The minimum atomic E-state index is -3.81. The van der Waals surface area contributed by atoms with E-state index >= 15 is 0 Å². The lowest BCUT2D eigenvalue weighted by molar-refractivity contribution is -0.216. The molecule has 6 atom stereocenters. The van der Waals surface area contributed by atoms with Crippen LogP contribution in [0.1, 0.15) is 44.4 Å². The maximum absolute atomic E-state index is 14.1. The molecule has 4 aliphatic heterocycles. The number of nitrogens with zero attached hydrogens (tertiary/aromatic N) is 1. The van der Waals surface area contributed by atoms with E-state index in [1.54, 1.807) is 16.4 Å². The number of hydrogen-bond acceptors (Lipinski definition) is 6. The molecule has 0 amide bonds. The van der Waals surface area contributed by atoms with Crippen molar-refractivity contribution >= 4 is 15.7 Å². The average molecular weight is 499 g/mol. The lowest BCUT2D eigenvalue weighted by atomic mass is 9.63. The highest BCUT2D eigenvalue weighted by Crippen LogP contribution is 2.53. The van der Waals surface area contributed by atoms with Gasteiger partial charge in [-0.3, -0.25) is 0 Å². The summed E-state index contributed by atoms with van der Waals surface area (Å²) in [7, 11) is -3.81. The molecule has 3 fully saturated rings. The van der Waals surface area contributed by atoms with E-state index in [1.807, 2.05) is 32.9 Å². The van der Waals surface area contributed by atoms with E-state index in [4.69, 9.17) is 14.2 Å². The van der Waals surface area contributed by atoms with E-state index in [0.717, 1.165) is 11.3 Å². The first-order valence-corrected chi connectivity index (χ1v) is 13.8. The number of sulfonamides is 1. The van der Waals surface area contributed by atoms with Crippen molar-refractivity contribution in [3.63, 3.8) is 0 Å². The number of para-hydroxylation sites is 1. The molecule has 0 aromatic heterocycles. The second-order valence-electron chi connectivity index (χ2n) is 11.4. The van der Waals surface area contributed by atoms with Crippen LogP contribution in [0.3, 0.4) is 0 Å². The standard InChI is InChI=1S/C27H34N2O5S/c1-15-10-12-17(13-11-15)35(30,31)29-14-19-21(23-22(29)24-25(32-23)34-27(5,6)33-24)28-20-16(2)8-7-9-18(20)26(19,3)4/h7-13,19,21-25,28H,14H2,1-6H3/t19-,21+,22-,23-,24-,25-/m1/s1. The maximum atomic E-state index is 14.1. The summed E-state index contributed by atoms with van der Waals surface area (Å²) in [6.45, 7) is 12.5. The molecule has 0 bridgehead atoms. The number of anilines is 1. The van der Waals surface area contributed by atoms with Gasteiger partial charge in [0.05, 0.1) is 17.0 Å². The van der Waals surface area contributed by atoms with Crippen LogP contribution < -0.4 is 5.32 Å². The molecule has 1 N–H and O–H groups in total. The van der Waals surface area contributed by atoms with Gasteiger partial charge in [0.2, 0.25) is 10.0 Å². The average Bonchev–Trinajstić information content (AvgIpc) is 3.26. The number of piperidine rings is 1. The summed E-state index contributed by atoms with van der Waals surface area (Å²) in [5.74, 6) is -0.844. The Morgan fingerprint density at radius 2 is 1.69 bits per heavy atom. The van der Waals surface area contributed by atoms with Gasteiger partial charge in [0.25, 0.3) is 0 Å². The van der Waals surface area contributed by atoms with Crippen LogP contribution in [0.15, 0.2) is 47.4 Å². The molecular formula is C27H34N2O5S. The molecule has 2 aromatic rings. The first-order chi connectivity index (χ1) is 16.4. The van der Waals surface area contributed by atoms with Crippen molar-refractivity contribution in [3.8, 4) is 0 Å². The largest absolute Gasteiger partial charge is 0.379 e. The van der Waals surface area contributed by atoms with Crippen molar-refractivity contribution < 1.29 is 22.6 Å². The second-order valence-corrected chi connectivity index (χ2v) is 13.3. The molecule has 8 heteroatoms. The van der Waals surface area contributed by atoms with Gasteiger partial charge in [-0.25, -0.2) is 8.42 Å². The Balaban J connectivity index is 1.48. The molecule has 6 rings (SSSR count). The molecule has 4 aliphatic rings. The molecule has 0 aliphatic carbocycles. The number of aryl methyl sites for hydroxylation is 2. The van der Waals surface area contributed by atoms with Crippen LogP contribution in [0.25, 0.3) is 0 Å². The predicted octanol–water partition coefficient (Wildman–Crippen LogP) is 3.94. The van der Waals surface area contributed by atoms with Gasteiger partial charge in [-0.15, -0.1) is 0 Å². The summed E-state index contributed by atoms with van der Waals surface area (Å²) >= 11 is 0. The summed E-state index contributed by atoms with van der Waals surface area (Å²) in [6.07, 6.45) is -1.52. The Bertz CT molecular complexity index is 1270. The van der Waals surface area contributed by atoms with Crippen LogP contribution in [0, 0.1) is 19.8 Å². The number of nitrogens with one attached hydrogen (secondary N) is 1. The highest BCUT2D eigenvalue weighted by Gasteiger charge is 2.65. The lowest BCUT2D eigenvalue weighted by Crippen LogP contribution is -2.68. The van der Waals surface area contributed by atoms with Gasteiger partial charge in [0, 0.05) is 18.2 Å². The van der Waals surface area contributed by atoms with Crippen molar-refractivity contribution in [1.82, 2.24) is 4.31 Å². The normalized spacial score (nSPS) is 34.9. The minimum Gasteiger partial charge on any atom is -0.379 e. The molecular weight excluding hydrogens is 464 g/mol. The molecule has 0 saturated carbocycles. The molecule has 35 heavy (non-hydrogen) atoms. The van der Waals surface area contributed by atoms with Crippen molar-refractivity contribution in [2.45, 2.75) is 88.2 Å². The van der Waals surface area contributed by atoms with Gasteiger partial charge < -0.3 is 19.5 Å². The van der Waals surface area contributed by atoms with Crippen molar-refractivity contribution in [3.05, 3.63) is 59.2 Å². The third-order valence-corrected chi connectivity index (χ3v) is 10.3. The van der Waals surface area contributed by atoms with Crippen molar-refractivity contribution in [1.29, 1.82) is 0 Å². The molecule has 0 unspecified atom stereocenters. The van der Waals surface area contributed by atoms with Gasteiger partial charge in [-0.2, -0.15) is 4.31 Å². The summed E-state index contributed by atoms with van der Waals surface area (Å²) in [5.41, 5.74) is 4.24. The fourth-order valence-corrected chi connectivity index (χ4v) is 8.19. The zero-order chi connectivity index (χ0) is 24.9. The van der Waals surface area contributed by atoms with Gasteiger partial charge in [-0.05, 0) is 56.4 Å². The molecule has 4 heterocycles. The first-order valence-electron chi connectivity index (χ1n) is 12.4. The Morgan fingerprint density at radius 1 is 0.971 bits per heavy atom. The van der Waals surface area contributed by atoms with Crippen molar-refractivity contribution in [2.75, 3.05) is 11.9 Å². The zero-order valence-corrected chi connectivity index (χ0v) is 21.9. The van der Waals surface area contributed by atoms with Gasteiger partial charge >= 0.3 is 0 Å². The molecule has 0 spiro atoms. The number of benzene rings is 2. The molecule has 7 nitrogen and oxygen atoms in total. The summed E-state index contributed by atoms with van der Waals surface area (Å²) in [4.78, 5) is 0.291. The number of ether oxygens (including phenoxy) is 3. The number of rotatable bonds is 2. The van der Waals surface area contributed by atoms with E-state index in [0.29, 0.717) is 11.4 Å². The Labute approximate surface area is 207 Å². The fourth-order valence-electron chi connectivity index (χ4n) is 6.53. The summed E-state index contributed by atoms with van der Waals surface area (Å²) < 4.78 is 48.8. The van der Waals surface area contributed by atoms with Crippen LogP contribution in [-0.4, -0.2) is 55.6 Å². The lowest BCUT2D eigenvalue weighted by Gasteiger charge is -2.55. The number of fused-ring (bicyclic) bond motifs is 6. The van der Waals surface area contributed by atoms with Crippen LogP contribution in [-0.2, 0) is 29.6 Å². The highest BCUT2D eigenvalue weighted by molar-refractivity contribution is 7.89. The molecule has 188 valence electrons. The second kappa shape index (κ2) is 7.52. The topological polar surface area (TPSA) is 77.1 Å².